The van der Waals surface area contributed by atoms with Crippen LogP contribution < -0.4 is 10.2 Å². The topological polar surface area (TPSA) is 102 Å². The van der Waals surface area contributed by atoms with E-state index in [1.165, 1.54) is 0 Å². The first kappa shape index (κ1) is 21.8. The Hall–Kier alpha value is -2.98. The van der Waals surface area contributed by atoms with Crippen molar-refractivity contribution in [1.29, 1.82) is 0 Å². The molecular formula is C23H26ClN7O2. The normalized spacial score (nSPS) is 15.9. The Bertz CT molecular complexity index is 1270. The number of nitrogens with zero attached hydrogens (tertiary/aromatic N) is 6. The van der Waals surface area contributed by atoms with Crippen molar-refractivity contribution in [3.05, 3.63) is 53.4 Å². The molecule has 5 rings (SSSR count). The number of anilines is 3. The summed E-state index contributed by atoms with van der Waals surface area (Å²) in [5.41, 5.74) is 4.15. The lowest BCUT2D eigenvalue weighted by Crippen LogP contribution is -2.49. The van der Waals surface area contributed by atoms with Crippen LogP contribution in [0.3, 0.4) is 0 Å². The van der Waals surface area contributed by atoms with Gasteiger partial charge < -0.3 is 20.4 Å². The van der Waals surface area contributed by atoms with E-state index in [9.17, 15) is 5.11 Å². The second kappa shape index (κ2) is 9.11. The predicted octanol–water partition coefficient (Wildman–Crippen LogP) is 2.46. The maximum atomic E-state index is 9.69. The molecule has 0 saturated carbocycles. The minimum absolute atomic E-state index is 0.215. The van der Waals surface area contributed by atoms with Gasteiger partial charge in [0.15, 0.2) is 11.5 Å². The number of benzene rings is 1. The smallest absolute Gasteiger partial charge is 0.166 e. The van der Waals surface area contributed by atoms with Crippen LogP contribution in [0.2, 0.25) is 5.02 Å². The van der Waals surface area contributed by atoms with Gasteiger partial charge in [-0.25, -0.2) is 15.0 Å². The second-order valence-corrected chi connectivity index (χ2v) is 8.71. The molecule has 1 aromatic carbocycles. The average Bonchev–Trinajstić information content (AvgIpc) is 3.32. The number of hydrogen-bond donors (Lipinski definition) is 3. The Balaban J connectivity index is 1.44. The molecule has 1 aliphatic heterocycles. The van der Waals surface area contributed by atoms with Crippen molar-refractivity contribution in [3.63, 3.8) is 0 Å². The summed E-state index contributed by atoms with van der Waals surface area (Å²) in [5.74, 6) is 1.55. The summed E-state index contributed by atoms with van der Waals surface area (Å²) in [6.45, 7) is 5.46. The molecule has 3 aromatic heterocycles. The standard InChI is InChI=1S/C23H26ClN7O2/c1-15-3-2-4-17(24)21(15)28-22-19-11-25-14-31(19)23-18(26-22)5-6-20(27-23)30-9-7-29(8-10-30)12-16(33)13-32/h2-6,11,14,16,32-33H,7-10,12-13H2,1H3,(H,26,28)/t16-/m1/s1. The minimum atomic E-state index is -0.701. The van der Waals surface area contributed by atoms with Crippen LogP contribution >= 0.6 is 11.6 Å². The minimum Gasteiger partial charge on any atom is -0.394 e. The number of pyridine rings is 1. The van der Waals surface area contributed by atoms with E-state index in [1.54, 1.807) is 12.5 Å². The Kier molecular flexibility index (Phi) is 6.03. The summed E-state index contributed by atoms with van der Waals surface area (Å²) in [4.78, 5) is 18.4. The van der Waals surface area contributed by atoms with E-state index >= 15 is 0 Å². The van der Waals surface area contributed by atoms with Crippen molar-refractivity contribution in [2.75, 3.05) is 49.5 Å². The Morgan fingerprint density at radius 1 is 1.12 bits per heavy atom. The molecule has 1 fully saturated rings. The molecule has 9 nitrogen and oxygen atoms in total. The van der Waals surface area contributed by atoms with Crippen molar-refractivity contribution in [2.24, 2.45) is 0 Å². The predicted molar refractivity (Wildman–Crippen MR) is 130 cm³/mol. The summed E-state index contributed by atoms with van der Waals surface area (Å²) in [5, 5.41) is 22.8. The third kappa shape index (κ3) is 4.32. The molecule has 1 aliphatic rings. The number of imidazole rings is 1. The van der Waals surface area contributed by atoms with Crippen LogP contribution in [0.5, 0.6) is 0 Å². The summed E-state index contributed by atoms with van der Waals surface area (Å²) in [6.07, 6.45) is 2.81. The van der Waals surface area contributed by atoms with Crippen molar-refractivity contribution in [2.45, 2.75) is 13.0 Å². The molecule has 4 heterocycles. The molecule has 0 aliphatic carbocycles. The highest BCUT2D eigenvalue weighted by molar-refractivity contribution is 6.33. The fourth-order valence-electron chi connectivity index (χ4n) is 4.20. The first-order valence-electron chi connectivity index (χ1n) is 10.9. The zero-order valence-electron chi connectivity index (χ0n) is 18.3. The molecule has 0 radical (unpaired) electrons. The quantitative estimate of drug-likeness (QED) is 0.397. The monoisotopic (exact) mass is 467 g/mol. The second-order valence-electron chi connectivity index (χ2n) is 8.30. The lowest BCUT2D eigenvalue weighted by Gasteiger charge is -2.36. The number of hydrogen-bond acceptors (Lipinski definition) is 8. The van der Waals surface area contributed by atoms with Gasteiger partial charge in [-0.05, 0) is 30.7 Å². The molecule has 1 atom stereocenters. The third-order valence-corrected chi connectivity index (χ3v) is 6.34. The number of aliphatic hydroxyl groups excluding tert-OH is 2. The van der Waals surface area contributed by atoms with Gasteiger partial charge in [-0.15, -0.1) is 0 Å². The van der Waals surface area contributed by atoms with Gasteiger partial charge in [-0.2, -0.15) is 0 Å². The highest BCUT2D eigenvalue weighted by Gasteiger charge is 2.21. The van der Waals surface area contributed by atoms with E-state index in [2.05, 4.69) is 20.1 Å². The lowest BCUT2D eigenvalue weighted by atomic mass is 10.2. The first-order valence-corrected chi connectivity index (χ1v) is 11.3. The summed E-state index contributed by atoms with van der Waals surface area (Å²) in [6, 6.07) is 9.74. The van der Waals surface area contributed by atoms with Crippen molar-refractivity contribution in [3.8, 4) is 0 Å². The number of aryl methyl sites for hydroxylation is 1. The van der Waals surface area contributed by atoms with Crippen LogP contribution in [-0.2, 0) is 0 Å². The molecule has 4 aromatic rings. The molecule has 0 unspecified atom stereocenters. The maximum absolute atomic E-state index is 9.69. The third-order valence-electron chi connectivity index (χ3n) is 6.02. The summed E-state index contributed by atoms with van der Waals surface area (Å²) in [7, 11) is 0. The Morgan fingerprint density at radius 3 is 2.70 bits per heavy atom. The lowest BCUT2D eigenvalue weighted by molar-refractivity contribution is 0.0574. The molecule has 10 heteroatoms. The van der Waals surface area contributed by atoms with Gasteiger partial charge in [-0.3, -0.25) is 9.30 Å². The van der Waals surface area contributed by atoms with Gasteiger partial charge >= 0.3 is 0 Å². The maximum Gasteiger partial charge on any atom is 0.166 e. The molecule has 33 heavy (non-hydrogen) atoms. The van der Waals surface area contributed by atoms with Crippen LogP contribution in [0, 0.1) is 6.92 Å². The van der Waals surface area contributed by atoms with Crippen molar-refractivity contribution < 1.29 is 10.2 Å². The number of β-amino-alcohol motifs (C(OH)–C–C–N with tert-alkyl or cyclic N) is 1. The van der Waals surface area contributed by atoms with Crippen LogP contribution in [-0.4, -0.2) is 79.9 Å². The Morgan fingerprint density at radius 2 is 1.94 bits per heavy atom. The molecule has 0 amide bonds. The van der Waals surface area contributed by atoms with E-state index in [-0.39, 0.29) is 6.61 Å². The number of aromatic nitrogens is 4. The van der Waals surface area contributed by atoms with Gasteiger partial charge in [0.25, 0.3) is 0 Å². The highest BCUT2D eigenvalue weighted by Crippen LogP contribution is 2.31. The van der Waals surface area contributed by atoms with Crippen LogP contribution in [0.15, 0.2) is 42.9 Å². The number of halogens is 1. The molecule has 0 bridgehead atoms. The summed E-state index contributed by atoms with van der Waals surface area (Å²) < 4.78 is 1.94. The SMILES string of the molecule is Cc1cccc(Cl)c1Nc1nc2ccc(N3CCN(C[C@@H](O)CO)CC3)nc2n2cncc12. The van der Waals surface area contributed by atoms with Gasteiger partial charge in [0.2, 0.25) is 0 Å². The number of para-hydroxylation sites is 1. The van der Waals surface area contributed by atoms with Crippen LogP contribution in [0.4, 0.5) is 17.3 Å². The van der Waals surface area contributed by atoms with Crippen LogP contribution in [0.25, 0.3) is 16.7 Å². The fourth-order valence-corrected chi connectivity index (χ4v) is 4.47. The average molecular weight is 468 g/mol. The highest BCUT2D eigenvalue weighted by atomic mass is 35.5. The van der Waals surface area contributed by atoms with E-state index in [1.807, 2.05) is 41.7 Å². The molecule has 172 valence electrons. The zero-order chi connectivity index (χ0) is 22.9. The van der Waals surface area contributed by atoms with Gasteiger partial charge in [0, 0.05) is 32.7 Å². The number of piperazine rings is 1. The van der Waals surface area contributed by atoms with Gasteiger partial charge in [0.1, 0.15) is 23.2 Å². The van der Waals surface area contributed by atoms with E-state index in [4.69, 9.17) is 26.7 Å². The van der Waals surface area contributed by atoms with Crippen molar-refractivity contribution in [1.82, 2.24) is 24.3 Å². The number of aliphatic hydroxyl groups is 2. The number of fused-ring (bicyclic) bond motifs is 3. The van der Waals surface area contributed by atoms with Gasteiger partial charge in [0.05, 0.1) is 29.6 Å². The zero-order valence-corrected chi connectivity index (χ0v) is 19.1. The summed E-state index contributed by atoms with van der Waals surface area (Å²) >= 11 is 6.42. The van der Waals surface area contributed by atoms with E-state index < -0.39 is 6.10 Å². The van der Waals surface area contributed by atoms with E-state index in [0.29, 0.717) is 17.4 Å². The molecule has 0 spiro atoms. The fraction of sp³-hybridized carbons (Fsp3) is 0.348. The number of rotatable bonds is 6. The Labute approximate surface area is 196 Å². The molecule has 1 saturated heterocycles. The van der Waals surface area contributed by atoms with Gasteiger partial charge in [-0.1, -0.05) is 23.7 Å². The molecular weight excluding hydrogens is 442 g/mol. The van der Waals surface area contributed by atoms with Crippen molar-refractivity contribution >= 4 is 45.6 Å². The number of nitrogens with one attached hydrogen (secondary N) is 1. The van der Waals surface area contributed by atoms with E-state index in [0.717, 1.165) is 59.9 Å². The van der Waals surface area contributed by atoms with Crippen LogP contribution in [0.1, 0.15) is 5.56 Å². The largest absolute Gasteiger partial charge is 0.394 e. The molecule has 3 N–H and O–H groups in total. The first-order chi connectivity index (χ1) is 16.0.